The quantitative estimate of drug-likeness (QED) is 0.590. The maximum absolute atomic E-state index is 13.9. The number of rotatable bonds is 4. The monoisotopic (exact) mass is 428 g/mol. The predicted octanol–water partition coefficient (Wildman–Crippen LogP) is 4.97. The summed E-state index contributed by atoms with van der Waals surface area (Å²) in [7, 11) is 0. The normalized spacial score (nSPS) is 14.7. The highest BCUT2D eigenvalue weighted by Gasteiger charge is 2.37. The van der Waals surface area contributed by atoms with Crippen LogP contribution in [0.25, 0.3) is 5.69 Å². The van der Waals surface area contributed by atoms with Gasteiger partial charge in [0.2, 0.25) is 0 Å². The first-order valence-corrected chi connectivity index (χ1v) is 11.0. The lowest BCUT2D eigenvalue weighted by molar-refractivity contribution is 0.0910. The Hall–Kier alpha value is -3.47. The van der Waals surface area contributed by atoms with E-state index in [2.05, 4.69) is 0 Å². The van der Waals surface area contributed by atoms with Gasteiger partial charge in [0.25, 0.3) is 11.5 Å². The van der Waals surface area contributed by atoms with Crippen LogP contribution in [0.2, 0.25) is 0 Å². The number of aromatic nitrogens is 1. The summed E-state index contributed by atoms with van der Waals surface area (Å²) in [5, 5.41) is 0. The van der Waals surface area contributed by atoms with E-state index < -0.39 is 5.56 Å². The van der Waals surface area contributed by atoms with Crippen LogP contribution in [-0.2, 0) is 6.42 Å². The number of carbonyl (C=O) groups is 2. The van der Waals surface area contributed by atoms with Crippen molar-refractivity contribution in [3.63, 3.8) is 0 Å². The molecule has 0 saturated carbocycles. The van der Waals surface area contributed by atoms with Crippen LogP contribution in [0, 0.1) is 12.3 Å². The molecule has 5 nitrogen and oxygen atoms in total. The number of ketones is 1. The van der Waals surface area contributed by atoms with Crippen molar-refractivity contribution in [2.75, 3.05) is 11.4 Å². The van der Waals surface area contributed by atoms with E-state index in [1.54, 1.807) is 23.2 Å². The Morgan fingerprint density at radius 2 is 1.75 bits per heavy atom. The average molecular weight is 429 g/mol. The molecule has 2 aromatic carbocycles. The second-order valence-corrected chi connectivity index (χ2v) is 9.24. The van der Waals surface area contributed by atoms with Crippen molar-refractivity contribution >= 4 is 17.4 Å². The lowest BCUT2D eigenvalue weighted by atomic mass is 9.73. The molecule has 1 amide bonds. The van der Waals surface area contributed by atoms with E-state index in [9.17, 15) is 14.4 Å². The maximum Gasteiger partial charge on any atom is 0.268 e. The Labute approximate surface area is 188 Å². The molecule has 0 atom stereocenters. The molecule has 1 aliphatic rings. The molecule has 1 aliphatic carbocycles. The first-order chi connectivity index (χ1) is 15.2. The SMILES string of the molecule is CCN(C(=O)c1c2c(cn(-c3ccccc3)c1=O)C(=O)CC(C)(C)C2)c1cccc(C)c1. The van der Waals surface area contributed by atoms with Crippen LogP contribution in [0.15, 0.2) is 65.6 Å². The van der Waals surface area contributed by atoms with Gasteiger partial charge >= 0.3 is 0 Å². The van der Waals surface area contributed by atoms with Crippen LogP contribution in [-0.4, -0.2) is 22.8 Å². The highest BCUT2D eigenvalue weighted by atomic mass is 16.2. The summed E-state index contributed by atoms with van der Waals surface area (Å²) in [6, 6.07) is 16.8. The highest BCUT2D eigenvalue weighted by Crippen LogP contribution is 2.36. The zero-order valence-corrected chi connectivity index (χ0v) is 19.0. The molecule has 0 unspecified atom stereocenters. The molecule has 0 saturated heterocycles. The third-order valence-electron chi connectivity index (χ3n) is 6.04. The molecule has 0 radical (unpaired) electrons. The van der Waals surface area contributed by atoms with E-state index >= 15 is 0 Å². The minimum atomic E-state index is -0.392. The van der Waals surface area contributed by atoms with Gasteiger partial charge in [0.05, 0.1) is 0 Å². The van der Waals surface area contributed by atoms with E-state index in [4.69, 9.17) is 0 Å². The molecule has 5 heteroatoms. The number of Topliss-reactive ketones (excluding diaryl/α,β-unsaturated/α-hetero) is 1. The lowest BCUT2D eigenvalue weighted by Gasteiger charge is -2.32. The van der Waals surface area contributed by atoms with Crippen LogP contribution >= 0.6 is 0 Å². The van der Waals surface area contributed by atoms with E-state index in [0.717, 1.165) is 11.3 Å². The number of aryl methyl sites for hydroxylation is 1. The van der Waals surface area contributed by atoms with Gasteiger partial charge in [0, 0.05) is 36.1 Å². The summed E-state index contributed by atoms with van der Waals surface area (Å²) in [6.07, 6.45) is 2.51. The summed E-state index contributed by atoms with van der Waals surface area (Å²) >= 11 is 0. The topological polar surface area (TPSA) is 59.4 Å². The average Bonchev–Trinajstić information content (AvgIpc) is 2.74. The van der Waals surface area contributed by atoms with Gasteiger partial charge in [-0.1, -0.05) is 44.2 Å². The van der Waals surface area contributed by atoms with Crippen LogP contribution in [0.4, 0.5) is 5.69 Å². The van der Waals surface area contributed by atoms with E-state index in [0.29, 0.717) is 36.2 Å². The fraction of sp³-hybridized carbons (Fsp3) is 0.296. The molecule has 0 aliphatic heterocycles. The Morgan fingerprint density at radius 3 is 2.41 bits per heavy atom. The number of nitrogens with zero attached hydrogens (tertiary/aromatic N) is 2. The second-order valence-electron chi connectivity index (χ2n) is 9.24. The van der Waals surface area contributed by atoms with Crippen molar-refractivity contribution in [3.8, 4) is 5.69 Å². The van der Waals surface area contributed by atoms with E-state index in [-0.39, 0.29) is 22.7 Å². The zero-order chi connectivity index (χ0) is 23.0. The van der Waals surface area contributed by atoms with Crippen molar-refractivity contribution in [2.45, 2.75) is 40.5 Å². The van der Waals surface area contributed by atoms with E-state index in [1.807, 2.05) is 70.2 Å². The van der Waals surface area contributed by atoms with Crippen molar-refractivity contribution in [2.24, 2.45) is 5.41 Å². The van der Waals surface area contributed by atoms with Gasteiger partial charge in [-0.05, 0) is 61.1 Å². The van der Waals surface area contributed by atoms with Crippen LogP contribution in [0.1, 0.15) is 59.0 Å². The summed E-state index contributed by atoms with van der Waals surface area (Å²) in [5.74, 6) is -0.399. The third-order valence-corrected chi connectivity index (χ3v) is 6.04. The number of amides is 1. The predicted molar refractivity (Wildman–Crippen MR) is 127 cm³/mol. The van der Waals surface area contributed by atoms with Crippen molar-refractivity contribution in [1.29, 1.82) is 0 Å². The van der Waals surface area contributed by atoms with Gasteiger partial charge in [0.15, 0.2) is 5.78 Å². The van der Waals surface area contributed by atoms with E-state index in [1.165, 1.54) is 4.57 Å². The van der Waals surface area contributed by atoms with Gasteiger partial charge in [-0.2, -0.15) is 0 Å². The molecule has 3 aromatic rings. The van der Waals surface area contributed by atoms with Crippen LogP contribution in [0.5, 0.6) is 0 Å². The number of hydrogen-bond donors (Lipinski definition) is 0. The zero-order valence-electron chi connectivity index (χ0n) is 19.0. The maximum atomic E-state index is 13.9. The Morgan fingerprint density at radius 1 is 1.03 bits per heavy atom. The summed E-state index contributed by atoms with van der Waals surface area (Å²) in [4.78, 5) is 42.3. The summed E-state index contributed by atoms with van der Waals surface area (Å²) < 4.78 is 1.44. The Kier molecular flexibility index (Phi) is 5.59. The summed E-state index contributed by atoms with van der Waals surface area (Å²) in [6.45, 7) is 8.27. The molecule has 0 N–H and O–H groups in total. The molecule has 164 valence electrons. The molecule has 32 heavy (non-hydrogen) atoms. The summed E-state index contributed by atoms with van der Waals surface area (Å²) in [5.41, 5.74) is 2.82. The molecule has 1 aromatic heterocycles. The fourth-order valence-electron chi connectivity index (χ4n) is 4.52. The van der Waals surface area contributed by atoms with Gasteiger partial charge in [0.1, 0.15) is 5.56 Å². The highest BCUT2D eigenvalue weighted by molar-refractivity contribution is 6.10. The number of carbonyl (C=O) groups excluding carboxylic acids is 2. The molecular formula is C27H28N2O3. The van der Waals surface area contributed by atoms with Gasteiger partial charge < -0.3 is 4.90 Å². The molecular weight excluding hydrogens is 400 g/mol. The minimum absolute atomic E-state index is 0.0337. The second kappa shape index (κ2) is 8.23. The minimum Gasteiger partial charge on any atom is -0.308 e. The first-order valence-electron chi connectivity index (χ1n) is 11.0. The number of hydrogen-bond acceptors (Lipinski definition) is 3. The number of fused-ring (bicyclic) bond motifs is 1. The van der Waals surface area contributed by atoms with Crippen molar-refractivity contribution in [1.82, 2.24) is 4.57 Å². The smallest absolute Gasteiger partial charge is 0.268 e. The standard InChI is InChI=1S/C27H28N2O3/c1-5-28(20-13-9-10-18(2)14-20)25(31)24-21-15-27(3,4)16-23(30)22(21)17-29(26(24)32)19-11-7-6-8-12-19/h6-14,17H,5,15-16H2,1-4H3. The van der Waals surface area contributed by atoms with Crippen molar-refractivity contribution < 1.29 is 9.59 Å². The fourth-order valence-corrected chi connectivity index (χ4v) is 4.52. The van der Waals surface area contributed by atoms with Gasteiger partial charge in [-0.15, -0.1) is 0 Å². The number of pyridine rings is 1. The number of benzene rings is 2. The Balaban J connectivity index is 1.97. The molecule has 0 spiro atoms. The van der Waals surface area contributed by atoms with Crippen molar-refractivity contribution in [3.05, 3.63) is 93.4 Å². The number of para-hydroxylation sites is 1. The first kappa shape index (κ1) is 21.8. The molecule has 0 bridgehead atoms. The lowest BCUT2D eigenvalue weighted by Crippen LogP contribution is -2.41. The molecule has 1 heterocycles. The van der Waals surface area contributed by atoms with Crippen LogP contribution in [0.3, 0.4) is 0 Å². The number of anilines is 1. The molecule has 0 fully saturated rings. The molecule has 4 rings (SSSR count). The van der Waals surface area contributed by atoms with Crippen LogP contribution < -0.4 is 10.5 Å². The Bertz CT molecular complexity index is 1260. The largest absolute Gasteiger partial charge is 0.308 e. The third kappa shape index (κ3) is 3.91. The van der Waals surface area contributed by atoms with Gasteiger partial charge in [-0.25, -0.2) is 0 Å². The van der Waals surface area contributed by atoms with Gasteiger partial charge in [-0.3, -0.25) is 19.0 Å².